The summed E-state index contributed by atoms with van der Waals surface area (Å²) in [6, 6.07) is 15.8. The molecule has 1 aliphatic heterocycles. The third kappa shape index (κ3) is 6.14. The molecule has 0 saturated heterocycles. The van der Waals surface area contributed by atoms with E-state index >= 15 is 0 Å². The predicted octanol–water partition coefficient (Wildman–Crippen LogP) is 7.58. The topological polar surface area (TPSA) is 59.0 Å². The van der Waals surface area contributed by atoms with E-state index in [0.717, 1.165) is 54.6 Å². The van der Waals surface area contributed by atoms with E-state index in [1.54, 1.807) is 0 Å². The number of hydrogen-bond donors (Lipinski definition) is 0. The average molecular weight is 503 g/mol. The van der Waals surface area contributed by atoms with Gasteiger partial charge >= 0.3 is 5.97 Å². The fourth-order valence-electron chi connectivity index (χ4n) is 5.63. The molecule has 0 aromatic heterocycles. The maximum atomic E-state index is 13.9. The summed E-state index contributed by atoms with van der Waals surface area (Å²) in [5.74, 6) is 0.948. The van der Waals surface area contributed by atoms with Gasteiger partial charge in [-0.1, -0.05) is 75.1 Å². The molecule has 1 aliphatic carbocycles. The first-order valence-corrected chi connectivity index (χ1v) is 13.9. The number of amides is 1. The van der Waals surface area contributed by atoms with Gasteiger partial charge in [0.05, 0.1) is 12.1 Å². The molecule has 2 aromatic rings. The van der Waals surface area contributed by atoms with Crippen molar-refractivity contribution in [3.05, 3.63) is 59.7 Å². The van der Waals surface area contributed by atoms with Crippen molar-refractivity contribution < 1.29 is 14.3 Å². The van der Waals surface area contributed by atoms with Gasteiger partial charge < -0.3 is 4.74 Å². The second kappa shape index (κ2) is 11.2. The van der Waals surface area contributed by atoms with Crippen molar-refractivity contribution in [2.24, 2.45) is 10.9 Å². The van der Waals surface area contributed by atoms with Gasteiger partial charge in [-0.2, -0.15) is 0 Å². The number of ether oxygens (including phenoxy) is 1. The van der Waals surface area contributed by atoms with Crippen molar-refractivity contribution >= 4 is 17.7 Å². The van der Waals surface area contributed by atoms with Crippen LogP contribution in [0.2, 0.25) is 0 Å². The summed E-state index contributed by atoms with van der Waals surface area (Å²) in [7, 11) is 0. The Kier molecular flexibility index (Phi) is 8.20. The Morgan fingerprint density at radius 2 is 1.78 bits per heavy atom. The van der Waals surface area contributed by atoms with Crippen LogP contribution >= 0.6 is 0 Å². The number of hydrogen-bond acceptors (Lipinski definition) is 4. The Bertz CT molecular complexity index is 1140. The Morgan fingerprint density at radius 1 is 1.08 bits per heavy atom. The van der Waals surface area contributed by atoms with Crippen molar-refractivity contribution in [1.29, 1.82) is 0 Å². The van der Waals surface area contributed by atoms with E-state index in [0.29, 0.717) is 18.0 Å². The van der Waals surface area contributed by atoms with E-state index in [2.05, 4.69) is 6.92 Å². The van der Waals surface area contributed by atoms with Crippen LogP contribution in [0.5, 0.6) is 0 Å². The lowest BCUT2D eigenvalue weighted by Crippen LogP contribution is -2.45. The maximum Gasteiger partial charge on any atom is 0.339 e. The molecule has 2 aromatic carbocycles. The molecule has 0 spiro atoms. The smallest absolute Gasteiger partial charge is 0.339 e. The lowest BCUT2D eigenvalue weighted by Gasteiger charge is -2.33. The monoisotopic (exact) mass is 502 g/mol. The summed E-state index contributed by atoms with van der Waals surface area (Å²) in [5, 5.41) is 0. The number of benzene rings is 2. The van der Waals surface area contributed by atoms with Crippen LogP contribution in [0.1, 0.15) is 102 Å². The molecular weight excluding hydrogens is 460 g/mol. The summed E-state index contributed by atoms with van der Waals surface area (Å²) in [4.78, 5) is 34.2. The number of unbranched alkanes of at least 4 members (excludes halogenated alkanes) is 1. The first kappa shape index (κ1) is 27.1. The Labute approximate surface area is 222 Å². The zero-order valence-corrected chi connectivity index (χ0v) is 23.2. The Balaban J connectivity index is 1.67. The normalized spacial score (nSPS) is 20.7. The first-order chi connectivity index (χ1) is 17.6. The summed E-state index contributed by atoms with van der Waals surface area (Å²) < 4.78 is 5.78. The molecular formula is C32H42N2O3. The molecule has 0 N–H and O–H groups in total. The number of aliphatic imine (C=N–C) groups is 1. The molecule has 1 heterocycles. The van der Waals surface area contributed by atoms with Crippen LogP contribution in [0, 0.1) is 5.92 Å². The average Bonchev–Trinajstić information content (AvgIpc) is 3.13. The zero-order chi connectivity index (χ0) is 26.6. The van der Waals surface area contributed by atoms with Crippen molar-refractivity contribution in [3.63, 3.8) is 0 Å². The summed E-state index contributed by atoms with van der Waals surface area (Å²) in [6.07, 6.45) is 8.57. The summed E-state index contributed by atoms with van der Waals surface area (Å²) >= 11 is 0. The second-order valence-electron chi connectivity index (χ2n) is 11.8. The number of amidine groups is 1. The molecule has 4 rings (SSSR count). The predicted molar refractivity (Wildman–Crippen MR) is 150 cm³/mol. The fourth-order valence-corrected chi connectivity index (χ4v) is 5.63. The van der Waals surface area contributed by atoms with Gasteiger partial charge in [0.1, 0.15) is 17.0 Å². The van der Waals surface area contributed by atoms with Gasteiger partial charge in [0.15, 0.2) is 0 Å². The largest absolute Gasteiger partial charge is 0.456 e. The highest BCUT2D eigenvalue weighted by Gasteiger charge is 2.49. The molecule has 0 radical (unpaired) electrons. The molecule has 5 heteroatoms. The van der Waals surface area contributed by atoms with E-state index in [4.69, 9.17) is 9.73 Å². The van der Waals surface area contributed by atoms with Gasteiger partial charge in [0, 0.05) is 6.42 Å². The van der Waals surface area contributed by atoms with E-state index in [9.17, 15) is 9.59 Å². The summed E-state index contributed by atoms with van der Waals surface area (Å²) in [5.41, 5.74) is 1.94. The minimum atomic E-state index is -0.679. The lowest BCUT2D eigenvalue weighted by atomic mass is 9.75. The highest BCUT2D eigenvalue weighted by Crippen LogP contribution is 2.40. The minimum Gasteiger partial charge on any atom is -0.456 e. The van der Waals surface area contributed by atoms with Crippen LogP contribution in [-0.4, -0.2) is 33.8 Å². The first-order valence-electron chi connectivity index (χ1n) is 13.9. The molecule has 1 unspecified atom stereocenters. The molecule has 0 bridgehead atoms. The molecule has 1 atom stereocenters. The number of rotatable bonds is 8. The molecule has 1 saturated carbocycles. The van der Waals surface area contributed by atoms with Crippen LogP contribution in [0.25, 0.3) is 11.1 Å². The van der Waals surface area contributed by atoms with Gasteiger partial charge in [-0.05, 0) is 75.6 Å². The number of carbonyl (C=O) groups is 2. The maximum absolute atomic E-state index is 13.9. The number of nitrogens with zero attached hydrogens (tertiary/aromatic N) is 2. The SMILES string of the molecule is CCCCC1=NC(C)(C2CCCCC2)C(=O)N1Cc1ccc(-c2ccccc2)c(C(=O)OC(C)(C)C)c1. The zero-order valence-electron chi connectivity index (χ0n) is 23.2. The number of carbonyl (C=O) groups excluding carboxylic acids is 2. The Morgan fingerprint density at radius 3 is 2.43 bits per heavy atom. The van der Waals surface area contributed by atoms with Crippen LogP contribution in [0.3, 0.4) is 0 Å². The van der Waals surface area contributed by atoms with E-state index in [1.165, 1.54) is 19.3 Å². The molecule has 2 aliphatic rings. The van der Waals surface area contributed by atoms with E-state index in [1.807, 2.05) is 81.1 Å². The number of esters is 1. The molecule has 5 nitrogen and oxygen atoms in total. The fraction of sp³-hybridized carbons (Fsp3) is 0.531. The second-order valence-corrected chi connectivity index (χ2v) is 11.8. The summed E-state index contributed by atoms with van der Waals surface area (Å²) in [6.45, 7) is 10.3. The van der Waals surface area contributed by atoms with Gasteiger partial charge in [0.2, 0.25) is 0 Å². The van der Waals surface area contributed by atoms with Gasteiger partial charge in [-0.25, -0.2) is 4.79 Å². The minimum absolute atomic E-state index is 0.108. The molecule has 1 amide bonds. The third-order valence-corrected chi connectivity index (χ3v) is 7.63. The highest BCUT2D eigenvalue weighted by molar-refractivity contribution is 6.08. The quantitative estimate of drug-likeness (QED) is 0.350. The third-order valence-electron chi connectivity index (χ3n) is 7.63. The van der Waals surface area contributed by atoms with Crippen molar-refractivity contribution in [2.75, 3.05) is 0 Å². The van der Waals surface area contributed by atoms with Crippen molar-refractivity contribution in [3.8, 4) is 11.1 Å². The van der Waals surface area contributed by atoms with Crippen LogP contribution in [0.15, 0.2) is 53.5 Å². The molecule has 198 valence electrons. The molecule has 1 fully saturated rings. The van der Waals surface area contributed by atoms with Crippen LogP contribution in [-0.2, 0) is 16.1 Å². The van der Waals surface area contributed by atoms with Gasteiger partial charge in [-0.15, -0.1) is 0 Å². The van der Waals surface area contributed by atoms with Crippen molar-refractivity contribution in [1.82, 2.24) is 4.90 Å². The standard InChI is InChI=1S/C32H42N2O3/c1-6-7-18-28-33-32(5,25-16-12-9-13-17-25)30(36)34(28)22-23-19-20-26(24-14-10-8-11-15-24)27(21-23)29(35)37-31(2,3)4/h8,10-11,14-15,19-21,25H,6-7,9,12-13,16-18,22H2,1-5H3. The molecule has 37 heavy (non-hydrogen) atoms. The highest BCUT2D eigenvalue weighted by atomic mass is 16.6. The van der Waals surface area contributed by atoms with Gasteiger partial charge in [-0.3, -0.25) is 14.7 Å². The van der Waals surface area contributed by atoms with E-state index < -0.39 is 11.1 Å². The van der Waals surface area contributed by atoms with Crippen molar-refractivity contribution in [2.45, 2.75) is 104 Å². The van der Waals surface area contributed by atoms with Crippen LogP contribution in [0.4, 0.5) is 0 Å². The van der Waals surface area contributed by atoms with Crippen LogP contribution < -0.4 is 0 Å². The Hall–Kier alpha value is -2.95. The van der Waals surface area contributed by atoms with Gasteiger partial charge in [0.25, 0.3) is 5.91 Å². The van der Waals surface area contributed by atoms with E-state index in [-0.39, 0.29) is 11.9 Å². The lowest BCUT2D eigenvalue weighted by molar-refractivity contribution is -0.133.